The number of fused-ring (bicyclic) bond motifs is 3. The summed E-state index contributed by atoms with van der Waals surface area (Å²) in [5.74, 6) is -0.839. The first-order chi connectivity index (χ1) is 11.1. The van der Waals surface area contributed by atoms with Crippen molar-refractivity contribution in [1.29, 1.82) is 0 Å². The SMILES string of the molecule is CCOC(=O)c1ccc2[nH]c3cnc(C(=O)OCC)cc3c2c1. The molecule has 1 aromatic carbocycles. The molecule has 0 aliphatic carbocycles. The Balaban J connectivity index is 2.13. The Hall–Kier alpha value is -2.89. The average molecular weight is 312 g/mol. The molecule has 2 aromatic heterocycles. The van der Waals surface area contributed by atoms with Gasteiger partial charge in [-0.3, -0.25) is 0 Å². The van der Waals surface area contributed by atoms with E-state index in [-0.39, 0.29) is 11.7 Å². The molecule has 23 heavy (non-hydrogen) atoms. The third-order valence-electron chi connectivity index (χ3n) is 3.48. The predicted octanol–water partition coefficient (Wildman–Crippen LogP) is 3.07. The van der Waals surface area contributed by atoms with E-state index in [1.807, 2.05) is 6.07 Å². The van der Waals surface area contributed by atoms with E-state index in [9.17, 15) is 9.59 Å². The Morgan fingerprint density at radius 1 is 1.00 bits per heavy atom. The molecule has 3 aromatic rings. The molecule has 0 saturated heterocycles. The molecule has 0 amide bonds. The number of carbonyl (C=O) groups excluding carboxylic acids is 2. The minimum atomic E-state index is -0.467. The maximum atomic E-state index is 11.9. The first-order valence-corrected chi connectivity index (χ1v) is 7.39. The van der Waals surface area contributed by atoms with Crippen LogP contribution in [0.3, 0.4) is 0 Å². The van der Waals surface area contributed by atoms with E-state index in [0.717, 1.165) is 21.8 Å². The van der Waals surface area contributed by atoms with Gasteiger partial charge in [-0.25, -0.2) is 14.6 Å². The van der Waals surface area contributed by atoms with Crippen molar-refractivity contribution in [3.8, 4) is 0 Å². The van der Waals surface area contributed by atoms with Gasteiger partial charge in [-0.2, -0.15) is 0 Å². The van der Waals surface area contributed by atoms with Gasteiger partial charge in [0.2, 0.25) is 0 Å². The Kier molecular flexibility index (Phi) is 3.97. The van der Waals surface area contributed by atoms with E-state index >= 15 is 0 Å². The smallest absolute Gasteiger partial charge is 0.356 e. The number of benzene rings is 1. The van der Waals surface area contributed by atoms with Crippen LogP contribution in [0.1, 0.15) is 34.7 Å². The number of hydrogen-bond acceptors (Lipinski definition) is 5. The first-order valence-electron chi connectivity index (χ1n) is 7.39. The van der Waals surface area contributed by atoms with Crippen LogP contribution in [0.15, 0.2) is 30.5 Å². The van der Waals surface area contributed by atoms with Crippen LogP contribution in [0.5, 0.6) is 0 Å². The molecule has 1 N–H and O–H groups in total. The van der Waals surface area contributed by atoms with Gasteiger partial charge >= 0.3 is 11.9 Å². The van der Waals surface area contributed by atoms with Crippen molar-refractivity contribution in [1.82, 2.24) is 9.97 Å². The normalized spacial score (nSPS) is 10.9. The monoisotopic (exact) mass is 312 g/mol. The number of hydrogen-bond donors (Lipinski definition) is 1. The topological polar surface area (TPSA) is 81.3 Å². The van der Waals surface area contributed by atoms with Crippen LogP contribution in [0.4, 0.5) is 0 Å². The number of rotatable bonds is 4. The van der Waals surface area contributed by atoms with Crippen LogP contribution in [0.25, 0.3) is 21.8 Å². The molecule has 3 rings (SSSR count). The number of nitrogens with zero attached hydrogens (tertiary/aromatic N) is 1. The van der Waals surface area contributed by atoms with Crippen LogP contribution < -0.4 is 0 Å². The molecular weight excluding hydrogens is 296 g/mol. The number of carbonyl (C=O) groups is 2. The molecule has 0 atom stereocenters. The van der Waals surface area contributed by atoms with E-state index < -0.39 is 5.97 Å². The number of pyridine rings is 1. The summed E-state index contributed by atoms with van der Waals surface area (Å²) in [5.41, 5.74) is 2.35. The maximum absolute atomic E-state index is 11.9. The second-order valence-electron chi connectivity index (χ2n) is 4.94. The summed E-state index contributed by atoms with van der Waals surface area (Å²) in [4.78, 5) is 31.0. The highest BCUT2D eigenvalue weighted by molar-refractivity contribution is 6.10. The summed E-state index contributed by atoms with van der Waals surface area (Å²) < 4.78 is 10.00. The predicted molar refractivity (Wildman–Crippen MR) is 85.5 cm³/mol. The standard InChI is InChI=1S/C17H16N2O4/c1-3-22-16(20)10-5-6-13-11(7-10)12-8-14(17(21)23-4-2)18-9-15(12)19-13/h5-9,19H,3-4H2,1-2H3. The van der Waals surface area contributed by atoms with Gasteiger partial charge < -0.3 is 14.5 Å². The number of esters is 2. The summed E-state index contributed by atoms with van der Waals surface area (Å²) in [6.45, 7) is 4.12. The van der Waals surface area contributed by atoms with Gasteiger partial charge in [-0.1, -0.05) is 0 Å². The number of nitrogens with one attached hydrogen (secondary N) is 1. The third kappa shape index (κ3) is 2.75. The molecule has 0 unspecified atom stereocenters. The van der Waals surface area contributed by atoms with E-state index in [1.54, 1.807) is 38.2 Å². The molecule has 0 aliphatic heterocycles. The van der Waals surface area contributed by atoms with Crippen LogP contribution in [-0.4, -0.2) is 35.1 Å². The lowest BCUT2D eigenvalue weighted by molar-refractivity contribution is 0.0513. The van der Waals surface area contributed by atoms with Crippen molar-refractivity contribution in [2.75, 3.05) is 13.2 Å². The first kappa shape index (κ1) is 15.0. The van der Waals surface area contributed by atoms with Crippen molar-refractivity contribution in [2.24, 2.45) is 0 Å². The van der Waals surface area contributed by atoms with Crippen LogP contribution in [0, 0.1) is 0 Å². The molecule has 0 aliphatic rings. The number of aromatic amines is 1. The molecule has 0 saturated carbocycles. The van der Waals surface area contributed by atoms with Crippen molar-refractivity contribution < 1.29 is 19.1 Å². The van der Waals surface area contributed by atoms with Crippen molar-refractivity contribution in [2.45, 2.75) is 13.8 Å². The maximum Gasteiger partial charge on any atom is 0.356 e. The molecule has 2 heterocycles. The molecule has 0 fully saturated rings. The van der Waals surface area contributed by atoms with Gasteiger partial charge in [-0.05, 0) is 38.1 Å². The highest BCUT2D eigenvalue weighted by Gasteiger charge is 2.14. The summed E-state index contributed by atoms with van der Waals surface area (Å²) in [6, 6.07) is 6.93. The van der Waals surface area contributed by atoms with Crippen molar-refractivity contribution in [3.05, 3.63) is 41.7 Å². The summed E-state index contributed by atoms with van der Waals surface area (Å²) >= 11 is 0. The molecule has 6 nitrogen and oxygen atoms in total. The zero-order chi connectivity index (χ0) is 16.4. The Morgan fingerprint density at radius 3 is 2.43 bits per heavy atom. The number of H-pyrrole nitrogens is 1. The zero-order valence-corrected chi connectivity index (χ0v) is 12.9. The van der Waals surface area contributed by atoms with Gasteiger partial charge in [0, 0.05) is 16.3 Å². The largest absolute Gasteiger partial charge is 0.462 e. The van der Waals surface area contributed by atoms with Gasteiger partial charge in [0.05, 0.1) is 30.5 Å². The fourth-order valence-electron chi connectivity index (χ4n) is 2.46. The molecule has 0 bridgehead atoms. The van der Waals surface area contributed by atoms with Crippen molar-refractivity contribution >= 4 is 33.7 Å². The van der Waals surface area contributed by atoms with Gasteiger partial charge in [0.15, 0.2) is 0 Å². The highest BCUT2D eigenvalue weighted by Crippen LogP contribution is 2.26. The lowest BCUT2D eigenvalue weighted by Crippen LogP contribution is -2.06. The minimum Gasteiger partial charge on any atom is -0.462 e. The van der Waals surface area contributed by atoms with E-state index in [0.29, 0.717) is 18.8 Å². The fourth-order valence-corrected chi connectivity index (χ4v) is 2.46. The quantitative estimate of drug-likeness (QED) is 0.749. The molecule has 6 heteroatoms. The fraction of sp³-hybridized carbons (Fsp3) is 0.235. The number of aromatic nitrogens is 2. The van der Waals surface area contributed by atoms with Crippen LogP contribution in [-0.2, 0) is 9.47 Å². The van der Waals surface area contributed by atoms with Gasteiger partial charge in [0.1, 0.15) is 5.69 Å². The van der Waals surface area contributed by atoms with Crippen LogP contribution in [0.2, 0.25) is 0 Å². The Bertz CT molecular complexity index is 826. The third-order valence-corrected chi connectivity index (χ3v) is 3.48. The summed E-state index contributed by atoms with van der Waals surface area (Å²) in [7, 11) is 0. The Morgan fingerprint density at radius 2 is 1.70 bits per heavy atom. The molecule has 0 radical (unpaired) electrons. The van der Waals surface area contributed by atoms with E-state index in [1.165, 1.54) is 0 Å². The van der Waals surface area contributed by atoms with Gasteiger partial charge in [0.25, 0.3) is 0 Å². The molecule has 118 valence electrons. The second kappa shape index (κ2) is 6.08. The van der Waals surface area contributed by atoms with Crippen LogP contribution >= 0.6 is 0 Å². The lowest BCUT2D eigenvalue weighted by atomic mass is 10.1. The van der Waals surface area contributed by atoms with E-state index in [2.05, 4.69) is 9.97 Å². The minimum absolute atomic E-state index is 0.238. The average Bonchev–Trinajstić information content (AvgIpc) is 2.92. The molecule has 0 spiro atoms. The van der Waals surface area contributed by atoms with Crippen molar-refractivity contribution in [3.63, 3.8) is 0 Å². The Labute approximate surface area is 132 Å². The summed E-state index contributed by atoms with van der Waals surface area (Å²) in [6.07, 6.45) is 1.59. The number of ether oxygens (including phenoxy) is 2. The zero-order valence-electron chi connectivity index (χ0n) is 12.9. The second-order valence-corrected chi connectivity index (χ2v) is 4.94. The van der Waals surface area contributed by atoms with E-state index in [4.69, 9.17) is 9.47 Å². The molecular formula is C17H16N2O4. The van der Waals surface area contributed by atoms with Gasteiger partial charge in [-0.15, -0.1) is 0 Å². The highest BCUT2D eigenvalue weighted by atomic mass is 16.5. The lowest BCUT2D eigenvalue weighted by Gasteiger charge is -2.02. The summed E-state index contributed by atoms with van der Waals surface area (Å²) in [5, 5.41) is 1.64.